The Kier molecular flexibility index (Phi) is 4.77. The summed E-state index contributed by atoms with van der Waals surface area (Å²) in [5.41, 5.74) is 0.898. The second-order valence-corrected chi connectivity index (χ2v) is 8.56. The average molecular weight is 427 g/mol. The fourth-order valence-corrected chi connectivity index (χ4v) is 5.07. The number of piperidine rings is 1. The van der Waals surface area contributed by atoms with Crippen LogP contribution in [0.5, 0.6) is 0 Å². The number of carbonyl (C=O) groups is 2. The van der Waals surface area contributed by atoms with E-state index < -0.39 is 29.5 Å². The van der Waals surface area contributed by atoms with E-state index in [4.69, 9.17) is 4.74 Å². The minimum atomic E-state index is -0.976. The molecule has 3 aliphatic rings. The molecule has 6 nitrogen and oxygen atoms in total. The monoisotopic (exact) mass is 427 g/mol. The number of benzene rings is 1. The van der Waals surface area contributed by atoms with Crippen LogP contribution < -0.4 is 0 Å². The third-order valence-electron chi connectivity index (χ3n) is 6.72. The molecule has 3 aliphatic heterocycles. The third-order valence-corrected chi connectivity index (χ3v) is 6.72. The summed E-state index contributed by atoms with van der Waals surface area (Å²) in [6.07, 6.45) is 4.83. The van der Waals surface area contributed by atoms with Gasteiger partial charge in [0.05, 0.1) is 11.6 Å². The Bertz CT molecular complexity index is 1030. The van der Waals surface area contributed by atoms with Crippen LogP contribution in [0.25, 0.3) is 0 Å². The molecule has 1 aromatic carbocycles. The molecule has 0 N–H and O–H groups in total. The summed E-state index contributed by atoms with van der Waals surface area (Å²) in [5, 5.41) is 0. The van der Waals surface area contributed by atoms with Gasteiger partial charge in [-0.05, 0) is 49.1 Å². The van der Waals surface area contributed by atoms with E-state index in [1.165, 1.54) is 12.1 Å². The molecule has 0 bridgehead atoms. The van der Waals surface area contributed by atoms with Crippen LogP contribution in [0.3, 0.4) is 0 Å². The molecule has 2 atom stereocenters. The quantitative estimate of drug-likeness (QED) is 0.737. The van der Waals surface area contributed by atoms with E-state index in [1.807, 2.05) is 6.92 Å². The molecule has 1 aromatic heterocycles. The molecule has 2 amide bonds. The van der Waals surface area contributed by atoms with Crippen molar-refractivity contribution in [2.24, 2.45) is 0 Å². The first-order valence-corrected chi connectivity index (χ1v) is 10.5. The van der Waals surface area contributed by atoms with Crippen LogP contribution in [-0.2, 0) is 9.53 Å². The van der Waals surface area contributed by atoms with Crippen molar-refractivity contribution in [3.8, 4) is 0 Å². The number of aromatic nitrogens is 1. The Morgan fingerprint density at radius 2 is 1.87 bits per heavy atom. The largest absolute Gasteiger partial charge is 0.342 e. The van der Waals surface area contributed by atoms with E-state index >= 15 is 0 Å². The Balaban J connectivity index is 1.32. The highest BCUT2D eigenvalue weighted by molar-refractivity contribution is 5.96. The van der Waals surface area contributed by atoms with E-state index in [0.29, 0.717) is 49.9 Å². The van der Waals surface area contributed by atoms with Gasteiger partial charge in [-0.1, -0.05) is 0 Å². The SMILES string of the molecule is Cc1ccncc1C(=O)N1CCC2(CC1)OC1CC[C@@H](c3cc(F)cc(F)c3)N1C2=O. The topological polar surface area (TPSA) is 62.7 Å². The highest BCUT2D eigenvalue weighted by atomic mass is 19.1. The molecular weight excluding hydrogens is 404 g/mol. The van der Waals surface area contributed by atoms with Gasteiger partial charge in [0, 0.05) is 44.4 Å². The van der Waals surface area contributed by atoms with Crippen LogP contribution in [0.15, 0.2) is 36.7 Å². The number of rotatable bonds is 2. The van der Waals surface area contributed by atoms with Crippen molar-refractivity contribution in [3.05, 3.63) is 65.0 Å². The Labute approximate surface area is 178 Å². The number of halogens is 2. The molecule has 4 heterocycles. The van der Waals surface area contributed by atoms with E-state index in [2.05, 4.69) is 4.98 Å². The van der Waals surface area contributed by atoms with Crippen molar-refractivity contribution in [2.75, 3.05) is 13.1 Å². The number of fused-ring (bicyclic) bond motifs is 1. The molecule has 31 heavy (non-hydrogen) atoms. The number of carbonyl (C=O) groups excluding carboxylic acids is 2. The third kappa shape index (κ3) is 3.29. The van der Waals surface area contributed by atoms with E-state index in [1.54, 1.807) is 28.3 Å². The summed E-state index contributed by atoms with van der Waals surface area (Å²) in [7, 11) is 0. The molecule has 0 radical (unpaired) electrons. The predicted octanol–water partition coefficient (Wildman–Crippen LogP) is 3.36. The molecular formula is C23H23F2N3O3. The van der Waals surface area contributed by atoms with Crippen molar-refractivity contribution in [3.63, 3.8) is 0 Å². The van der Waals surface area contributed by atoms with E-state index in [0.717, 1.165) is 11.6 Å². The molecule has 1 unspecified atom stereocenters. The van der Waals surface area contributed by atoms with Crippen molar-refractivity contribution in [1.29, 1.82) is 0 Å². The molecule has 0 saturated carbocycles. The van der Waals surface area contributed by atoms with Crippen LogP contribution >= 0.6 is 0 Å². The van der Waals surface area contributed by atoms with Crippen LogP contribution in [0, 0.1) is 18.6 Å². The molecule has 3 fully saturated rings. The minimum Gasteiger partial charge on any atom is -0.342 e. The number of nitrogens with zero attached hydrogens (tertiary/aromatic N) is 3. The van der Waals surface area contributed by atoms with Gasteiger partial charge in [0.1, 0.15) is 17.9 Å². The lowest BCUT2D eigenvalue weighted by molar-refractivity contribution is -0.142. The molecule has 5 rings (SSSR count). The van der Waals surface area contributed by atoms with Crippen LogP contribution in [-0.4, -0.2) is 51.5 Å². The summed E-state index contributed by atoms with van der Waals surface area (Å²) in [6, 6.07) is 4.79. The maximum absolute atomic E-state index is 13.7. The van der Waals surface area contributed by atoms with Gasteiger partial charge in [0.15, 0.2) is 5.60 Å². The second kappa shape index (κ2) is 7.37. The van der Waals surface area contributed by atoms with Gasteiger partial charge in [0.25, 0.3) is 11.8 Å². The van der Waals surface area contributed by atoms with Gasteiger partial charge in [-0.25, -0.2) is 8.78 Å². The zero-order valence-electron chi connectivity index (χ0n) is 17.2. The second-order valence-electron chi connectivity index (χ2n) is 8.56. The highest BCUT2D eigenvalue weighted by Gasteiger charge is 2.58. The first kappa shape index (κ1) is 20.1. The van der Waals surface area contributed by atoms with Gasteiger partial charge in [0.2, 0.25) is 0 Å². The summed E-state index contributed by atoms with van der Waals surface area (Å²) >= 11 is 0. The van der Waals surface area contributed by atoms with Crippen molar-refractivity contribution < 1.29 is 23.1 Å². The number of ether oxygens (including phenoxy) is 1. The lowest BCUT2D eigenvalue weighted by atomic mass is 9.89. The first-order valence-electron chi connectivity index (χ1n) is 10.5. The number of hydrogen-bond donors (Lipinski definition) is 0. The molecule has 0 aliphatic carbocycles. The Morgan fingerprint density at radius 1 is 1.16 bits per heavy atom. The fourth-order valence-electron chi connectivity index (χ4n) is 5.07. The standard InChI is InChI=1S/C23H23F2N3O3/c1-14-4-7-26-13-18(14)21(29)27-8-5-23(6-9-27)22(30)28-19(2-3-20(28)31-23)15-10-16(24)12-17(25)11-15/h4,7,10-13,19-20H,2-3,5-6,8-9H2,1H3/t19-,20?/m0/s1. The van der Waals surface area contributed by atoms with E-state index in [9.17, 15) is 18.4 Å². The number of hydrogen-bond acceptors (Lipinski definition) is 4. The van der Waals surface area contributed by atoms with Crippen LogP contribution in [0.1, 0.15) is 53.2 Å². The lowest BCUT2D eigenvalue weighted by Gasteiger charge is -2.37. The van der Waals surface area contributed by atoms with Gasteiger partial charge in [-0.15, -0.1) is 0 Å². The average Bonchev–Trinajstić information content (AvgIpc) is 3.26. The molecule has 1 spiro atoms. The van der Waals surface area contributed by atoms with Gasteiger partial charge in [-0.3, -0.25) is 14.6 Å². The zero-order valence-corrected chi connectivity index (χ0v) is 17.2. The summed E-state index contributed by atoms with van der Waals surface area (Å²) in [5.74, 6) is -1.55. The minimum absolute atomic E-state index is 0.0977. The summed E-state index contributed by atoms with van der Waals surface area (Å²) in [4.78, 5) is 33.7. The van der Waals surface area contributed by atoms with Gasteiger partial charge < -0.3 is 14.5 Å². The summed E-state index contributed by atoms with van der Waals surface area (Å²) < 4.78 is 33.7. The fraction of sp³-hybridized carbons (Fsp3) is 0.435. The van der Waals surface area contributed by atoms with Crippen molar-refractivity contribution in [1.82, 2.24) is 14.8 Å². The van der Waals surface area contributed by atoms with Gasteiger partial charge >= 0.3 is 0 Å². The lowest BCUT2D eigenvalue weighted by Crippen LogP contribution is -2.51. The Hall–Kier alpha value is -2.87. The predicted molar refractivity (Wildman–Crippen MR) is 107 cm³/mol. The maximum atomic E-state index is 13.7. The van der Waals surface area contributed by atoms with Crippen LogP contribution in [0.4, 0.5) is 8.78 Å². The number of pyridine rings is 1. The van der Waals surface area contributed by atoms with Gasteiger partial charge in [-0.2, -0.15) is 0 Å². The number of amides is 2. The highest BCUT2D eigenvalue weighted by Crippen LogP contribution is 2.47. The molecule has 3 saturated heterocycles. The van der Waals surface area contributed by atoms with E-state index in [-0.39, 0.29) is 11.8 Å². The zero-order chi connectivity index (χ0) is 21.8. The van der Waals surface area contributed by atoms with Crippen molar-refractivity contribution in [2.45, 2.75) is 50.5 Å². The smallest absolute Gasteiger partial charge is 0.257 e. The number of aryl methyl sites for hydroxylation is 1. The Morgan fingerprint density at radius 3 is 2.55 bits per heavy atom. The first-order chi connectivity index (χ1) is 14.9. The molecule has 2 aromatic rings. The summed E-state index contributed by atoms with van der Waals surface area (Å²) in [6.45, 7) is 2.67. The van der Waals surface area contributed by atoms with Crippen LogP contribution in [0.2, 0.25) is 0 Å². The molecule has 8 heteroatoms. The number of likely N-dealkylation sites (tertiary alicyclic amines) is 1. The normalized spacial score (nSPS) is 24.7. The maximum Gasteiger partial charge on any atom is 0.257 e. The molecule has 162 valence electrons. The van der Waals surface area contributed by atoms with Crippen molar-refractivity contribution >= 4 is 11.8 Å².